The van der Waals surface area contributed by atoms with Gasteiger partial charge in [0.05, 0.1) is 26.4 Å². The first-order valence-corrected chi connectivity index (χ1v) is 6.79. The number of halogens is 1. The smallest absolute Gasteiger partial charge is 0.148 e. The average Bonchev–Trinajstić information content (AvgIpc) is 2.54. The van der Waals surface area contributed by atoms with Gasteiger partial charge in [0.2, 0.25) is 0 Å². The highest BCUT2D eigenvalue weighted by Crippen LogP contribution is 2.37. The Labute approximate surface area is 133 Å². The highest BCUT2D eigenvalue weighted by atomic mass is 35.5. The van der Waals surface area contributed by atoms with Gasteiger partial charge in [-0.3, -0.25) is 4.99 Å². The number of ether oxygens (including phenoxy) is 3. The Kier molecular flexibility index (Phi) is 5.12. The quantitative estimate of drug-likeness (QED) is 0.850. The number of aliphatic imine (C=N–C) groups is 1. The van der Waals surface area contributed by atoms with Gasteiger partial charge >= 0.3 is 0 Å². The van der Waals surface area contributed by atoms with Gasteiger partial charge < -0.3 is 19.3 Å². The fourth-order valence-corrected chi connectivity index (χ4v) is 2.08. The first kappa shape index (κ1) is 16.0. The summed E-state index contributed by atoms with van der Waals surface area (Å²) in [5.41, 5.74) is 1.05. The highest BCUT2D eigenvalue weighted by molar-refractivity contribution is 6.32. The van der Waals surface area contributed by atoms with Gasteiger partial charge in [0.1, 0.15) is 28.7 Å². The van der Waals surface area contributed by atoms with Gasteiger partial charge in [0, 0.05) is 17.8 Å². The van der Waals surface area contributed by atoms with Crippen LogP contribution in [0.15, 0.2) is 35.3 Å². The molecule has 0 fully saturated rings. The average molecular weight is 322 g/mol. The summed E-state index contributed by atoms with van der Waals surface area (Å²) >= 11 is 6.10. The van der Waals surface area contributed by atoms with Crippen LogP contribution in [0.5, 0.6) is 23.0 Å². The topological polar surface area (TPSA) is 60.3 Å². The maximum Gasteiger partial charge on any atom is 0.148 e. The van der Waals surface area contributed by atoms with Crippen molar-refractivity contribution >= 4 is 23.5 Å². The van der Waals surface area contributed by atoms with Crippen LogP contribution in [0.2, 0.25) is 5.02 Å². The molecule has 0 unspecified atom stereocenters. The van der Waals surface area contributed by atoms with Crippen LogP contribution in [-0.2, 0) is 0 Å². The van der Waals surface area contributed by atoms with Crippen LogP contribution in [0.1, 0.15) is 5.56 Å². The second-order valence-corrected chi connectivity index (χ2v) is 4.75. The van der Waals surface area contributed by atoms with Gasteiger partial charge in [-0.15, -0.1) is 0 Å². The standard InChI is InChI=1S/C16H16ClNO4/c1-20-11-4-5-14(19)10(6-11)9-18-13-7-12(17)15(21-2)8-16(13)22-3/h4-9,19H,1-3H3. The Morgan fingerprint density at radius 3 is 2.36 bits per heavy atom. The summed E-state index contributed by atoms with van der Waals surface area (Å²) in [6.45, 7) is 0. The molecule has 2 aromatic rings. The van der Waals surface area contributed by atoms with E-state index in [1.54, 1.807) is 37.4 Å². The third kappa shape index (κ3) is 3.43. The van der Waals surface area contributed by atoms with Crippen LogP contribution >= 0.6 is 11.6 Å². The molecule has 0 aromatic heterocycles. The van der Waals surface area contributed by atoms with E-state index >= 15 is 0 Å². The van der Waals surface area contributed by atoms with Gasteiger partial charge in [0.25, 0.3) is 0 Å². The molecule has 6 heteroatoms. The summed E-state index contributed by atoms with van der Waals surface area (Å²) in [5.74, 6) is 1.74. The summed E-state index contributed by atoms with van der Waals surface area (Å²) in [6.07, 6.45) is 1.51. The van der Waals surface area contributed by atoms with Crippen LogP contribution in [0.4, 0.5) is 5.69 Å². The molecule has 116 valence electrons. The molecule has 0 heterocycles. The van der Waals surface area contributed by atoms with Crippen LogP contribution < -0.4 is 14.2 Å². The number of phenolic OH excluding ortho intramolecular Hbond substituents is 1. The van der Waals surface area contributed by atoms with E-state index in [0.29, 0.717) is 33.5 Å². The first-order valence-electron chi connectivity index (χ1n) is 6.41. The summed E-state index contributed by atoms with van der Waals surface area (Å²) in [6, 6.07) is 8.17. The van der Waals surface area contributed by atoms with E-state index in [2.05, 4.69) is 4.99 Å². The minimum atomic E-state index is 0.100. The van der Waals surface area contributed by atoms with E-state index in [9.17, 15) is 5.11 Å². The summed E-state index contributed by atoms with van der Waals surface area (Å²) in [5, 5.41) is 10.3. The predicted molar refractivity (Wildman–Crippen MR) is 86.5 cm³/mol. The molecule has 0 spiro atoms. The molecule has 0 aliphatic carbocycles. The third-order valence-corrected chi connectivity index (χ3v) is 3.33. The van der Waals surface area contributed by atoms with Crippen molar-refractivity contribution in [2.24, 2.45) is 4.99 Å². The van der Waals surface area contributed by atoms with Crippen molar-refractivity contribution in [2.45, 2.75) is 0 Å². The Bertz CT molecular complexity index is 701. The van der Waals surface area contributed by atoms with Gasteiger partial charge in [-0.1, -0.05) is 11.6 Å². The van der Waals surface area contributed by atoms with Gasteiger partial charge in [-0.05, 0) is 24.3 Å². The van der Waals surface area contributed by atoms with Crippen molar-refractivity contribution in [1.82, 2.24) is 0 Å². The predicted octanol–water partition coefficient (Wildman–Crippen LogP) is 3.82. The number of nitrogens with zero attached hydrogens (tertiary/aromatic N) is 1. The Hall–Kier alpha value is -2.40. The number of methoxy groups -OCH3 is 3. The van der Waals surface area contributed by atoms with Crippen molar-refractivity contribution in [1.29, 1.82) is 0 Å². The number of rotatable bonds is 5. The molecule has 2 rings (SSSR count). The molecule has 0 bridgehead atoms. The van der Waals surface area contributed by atoms with E-state index in [0.717, 1.165) is 0 Å². The number of phenols is 1. The van der Waals surface area contributed by atoms with Gasteiger partial charge in [0.15, 0.2) is 0 Å². The molecular weight excluding hydrogens is 306 g/mol. The molecule has 0 saturated heterocycles. The summed E-state index contributed by atoms with van der Waals surface area (Å²) in [4.78, 5) is 4.31. The minimum Gasteiger partial charge on any atom is -0.507 e. The molecule has 0 amide bonds. The molecule has 0 saturated carbocycles. The lowest BCUT2D eigenvalue weighted by Crippen LogP contribution is -1.90. The van der Waals surface area contributed by atoms with Crippen molar-refractivity contribution in [3.8, 4) is 23.0 Å². The normalized spacial score (nSPS) is 10.7. The minimum absolute atomic E-state index is 0.100. The van der Waals surface area contributed by atoms with E-state index in [1.807, 2.05) is 0 Å². The molecule has 2 aromatic carbocycles. The summed E-state index contributed by atoms with van der Waals surface area (Å²) < 4.78 is 15.5. The maximum atomic E-state index is 9.85. The number of benzene rings is 2. The van der Waals surface area contributed by atoms with Crippen molar-refractivity contribution < 1.29 is 19.3 Å². The largest absolute Gasteiger partial charge is 0.507 e. The van der Waals surface area contributed by atoms with Crippen molar-refractivity contribution in [2.75, 3.05) is 21.3 Å². The fourth-order valence-electron chi connectivity index (χ4n) is 1.85. The zero-order valence-electron chi connectivity index (χ0n) is 12.5. The Balaban J connectivity index is 2.39. The zero-order chi connectivity index (χ0) is 16.1. The summed E-state index contributed by atoms with van der Waals surface area (Å²) in [7, 11) is 4.61. The van der Waals surface area contributed by atoms with E-state index in [4.69, 9.17) is 25.8 Å². The number of aromatic hydroxyl groups is 1. The molecule has 22 heavy (non-hydrogen) atoms. The van der Waals surface area contributed by atoms with Crippen molar-refractivity contribution in [3.63, 3.8) is 0 Å². The van der Waals surface area contributed by atoms with Gasteiger partial charge in [-0.2, -0.15) is 0 Å². The molecule has 5 nitrogen and oxygen atoms in total. The molecule has 0 aliphatic heterocycles. The van der Waals surface area contributed by atoms with E-state index in [-0.39, 0.29) is 5.75 Å². The number of hydrogen-bond acceptors (Lipinski definition) is 5. The molecular formula is C16H16ClNO4. The van der Waals surface area contributed by atoms with Crippen molar-refractivity contribution in [3.05, 3.63) is 40.9 Å². The van der Waals surface area contributed by atoms with Gasteiger partial charge in [-0.25, -0.2) is 0 Å². The number of hydrogen-bond donors (Lipinski definition) is 1. The fraction of sp³-hybridized carbons (Fsp3) is 0.188. The highest BCUT2D eigenvalue weighted by Gasteiger charge is 2.09. The molecule has 1 N–H and O–H groups in total. The second kappa shape index (κ2) is 7.04. The monoisotopic (exact) mass is 321 g/mol. The lowest BCUT2D eigenvalue weighted by atomic mass is 10.2. The molecule has 0 aliphatic rings. The molecule has 0 atom stereocenters. The van der Waals surface area contributed by atoms with Crippen LogP contribution in [0.25, 0.3) is 0 Å². The second-order valence-electron chi connectivity index (χ2n) is 4.34. The Morgan fingerprint density at radius 2 is 1.73 bits per heavy atom. The van der Waals surface area contributed by atoms with E-state index in [1.165, 1.54) is 20.4 Å². The van der Waals surface area contributed by atoms with Crippen LogP contribution in [-0.4, -0.2) is 32.7 Å². The third-order valence-electron chi connectivity index (χ3n) is 3.03. The zero-order valence-corrected chi connectivity index (χ0v) is 13.2. The van der Waals surface area contributed by atoms with E-state index < -0.39 is 0 Å². The lowest BCUT2D eigenvalue weighted by molar-refractivity contribution is 0.395. The SMILES string of the molecule is COc1ccc(O)c(C=Nc2cc(Cl)c(OC)cc2OC)c1. The van der Waals surface area contributed by atoms with Crippen LogP contribution in [0, 0.1) is 0 Å². The van der Waals surface area contributed by atoms with Crippen LogP contribution in [0.3, 0.4) is 0 Å². The first-order chi connectivity index (χ1) is 10.6. The lowest BCUT2D eigenvalue weighted by Gasteiger charge is -2.09. The Morgan fingerprint density at radius 1 is 1.00 bits per heavy atom. The maximum absolute atomic E-state index is 9.85. The molecule has 0 radical (unpaired) electrons.